The molecule has 1 amide bonds. The lowest BCUT2D eigenvalue weighted by atomic mass is 9.88. The molecule has 7 nitrogen and oxygen atoms in total. The topological polar surface area (TPSA) is 111 Å². The Morgan fingerprint density at radius 3 is 2.70 bits per heavy atom. The van der Waals surface area contributed by atoms with Crippen LogP contribution >= 0.6 is 0 Å². The Bertz CT molecular complexity index is 660. The average Bonchev–Trinajstić information content (AvgIpc) is 3.07. The summed E-state index contributed by atoms with van der Waals surface area (Å²) in [4.78, 5) is 23.8. The van der Waals surface area contributed by atoms with E-state index >= 15 is 0 Å². The van der Waals surface area contributed by atoms with Crippen LogP contribution in [0.5, 0.6) is 11.5 Å². The summed E-state index contributed by atoms with van der Waals surface area (Å²) in [6.07, 6.45) is 3.52. The van der Waals surface area contributed by atoms with Gasteiger partial charge in [-0.1, -0.05) is 19.9 Å². The van der Waals surface area contributed by atoms with E-state index in [1.807, 2.05) is 0 Å². The molecule has 1 atom stereocenters. The first-order valence-electron chi connectivity index (χ1n) is 9.53. The molecular formula is C20H30N2O5. The third kappa shape index (κ3) is 6.13. The van der Waals surface area contributed by atoms with Crippen molar-refractivity contribution in [2.75, 3.05) is 19.9 Å². The molecule has 0 radical (unpaired) electrons. The Morgan fingerprint density at radius 2 is 2.04 bits per heavy atom. The molecule has 1 aromatic carbocycles. The summed E-state index contributed by atoms with van der Waals surface area (Å²) in [6, 6.07) is 3.54. The molecule has 27 heavy (non-hydrogen) atoms. The predicted molar refractivity (Wildman–Crippen MR) is 102 cm³/mol. The highest BCUT2D eigenvalue weighted by molar-refractivity contribution is 5.94. The van der Waals surface area contributed by atoms with E-state index in [1.54, 1.807) is 12.1 Å². The number of carboxylic acid groups (broad SMARTS) is 1. The van der Waals surface area contributed by atoms with Crippen molar-refractivity contribution in [3.05, 3.63) is 23.3 Å². The predicted octanol–water partition coefficient (Wildman–Crippen LogP) is 2.56. The average molecular weight is 378 g/mol. The Balaban J connectivity index is 2.07. The third-order valence-electron chi connectivity index (χ3n) is 4.60. The second-order valence-electron chi connectivity index (χ2n) is 7.39. The first-order valence-corrected chi connectivity index (χ1v) is 9.53. The lowest BCUT2D eigenvalue weighted by molar-refractivity contribution is -0.121. The number of ether oxygens (including phenoxy) is 2. The van der Waals surface area contributed by atoms with Gasteiger partial charge in [0.05, 0.1) is 0 Å². The summed E-state index contributed by atoms with van der Waals surface area (Å²) >= 11 is 0. The summed E-state index contributed by atoms with van der Waals surface area (Å²) in [7, 11) is 0. The van der Waals surface area contributed by atoms with Crippen molar-refractivity contribution in [1.29, 1.82) is 0 Å². The minimum absolute atomic E-state index is 0.0151. The van der Waals surface area contributed by atoms with Crippen molar-refractivity contribution in [2.24, 2.45) is 17.6 Å². The second kappa shape index (κ2) is 10.2. The van der Waals surface area contributed by atoms with Gasteiger partial charge in [0.1, 0.15) is 5.56 Å². The molecule has 0 unspecified atom stereocenters. The number of aromatic carboxylic acids is 1. The minimum atomic E-state index is -1.03. The minimum Gasteiger partial charge on any atom is -0.478 e. The van der Waals surface area contributed by atoms with Crippen molar-refractivity contribution in [3.63, 3.8) is 0 Å². The van der Waals surface area contributed by atoms with Gasteiger partial charge >= 0.3 is 5.97 Å². The SMILES string of the molecule is CC(C)C[C@H](CNC(=O)CCCCN)Cc1ccc2c(c1C(=O)O)OCO2. The molecule has 0 aromatic heterocycles. The smallest absolute Gasteiger partial charge is 0.339 e. The molecule has 0 saturated carbocycles. The number of nitrogens with one attached hydrogen (secondary N) is 1. The standard InChI is InChI=1S/C20H30N2O5/c1-13(2)9-14(11-22-17(23)5-3-4-8-21)10-15-6-7-16-19(27-12-26-16)18(15)20(24)25/h6-7,13-14H,3-5,8-12,21H2,1-2H3,(H,22,23)(H,24,25)/t14-/m0/s1. The van der Waals surface area contributed by atoms with Crippen LogP contribution in [0.2, 0.25) is 0 Å². The van der Waals surface area contributed by atoms with Crippen LogP contribution in [0, 0.1) is 11.8 Å². The van der Waals surface area contributed by atoms with Gasteiger partial charge in [-0.3, -0.25) is 4.79 Å². The first kappa shape index (κ1) is 21.0. The summed E-state index contributed by atoms with van der Waals surface area (Å²) in [6.45, 7) is 5.38. The van der Waals surface area contributed by atoms with Crippen LogP contribution in [0.4, 0.5) is 0 Å². The molecule has 0 bridgehead atoms. The van der Waals surface area contributed by atoms with Gasteiger partial charge in [0.15, 0.2) is 11.5 Å². The van der Waals surface area contributed by atoms with Crippen LogP contribution in [0.25, 0.3) is 0 Å². The van der Waals surface area contributed by atoms with Gasteiger partial charge in [-0.15, -0.1) is 0 Å². The van der Waals surface area contributed by atoms with E-state index in [9.17, 15) is 14.7 Å². The number of nitrogens with two attached hydrogens (primary N) is 1. The second-order valence-corrected chi connectivity index (χ2v) is 7.39. The van der Waals surface area contributed by atoms with Crippen molar-refractivity contribution in [1.82, 2.24) is 5.32 Å². The highest BCUT2D eigenvalue weighted by atomic mass is 16.7. The molecule has 2 rings (SSSR count). The molecule has 0 spiro atoms. The molecule has 4 N–H and O–H groups in total. The molecule has 0 aliphatic carbocycles. The lowest BCUT2D eigenvalue weighted by Gasteiger charge is -2.21. The zero-order valence-corrected chi connectivity index (χ0v) is 16.1. The number of carboxylic acids is 1. The number of unbranched alkanes of at least 4 members (excludes halogenated alkanes) is 1. The van der Waals surface area contributed by atoms with Gasteiger partial charge in [0.25, 0.3) is 0 Å². The quantitative estimate of drug-likeness (QED) is 0.510. The van der Waals surface area contributed by atoms with Gasteiger partial charge in [0.2, 0.25) is 12.7 Å². The van der Waals surface area contributed by atoms with Gasteiger partial charge in [-0.2, -0.15) is 0 Å². The number of hydrogen-bond donors (Lipinski definition) is 3. The Kier molecular flexibility index (Phi) is 7.91. The fraction of sp³-hybridized carbons (Fsp3) is 0.600. The molecule has 7 heteroatoms. The van der Waals surface area contributed by atoms with Crippen molar-refractivity contribution < 1.29 is 24.2 Å². The zero-order valence-electron chi connectivity index (χ0n) is 16.1. The molecule has 1 aromatic rings. The number of hydrogen-bond acceptors (Lipinski definition) is 5. The van der Waals surface area contributed by atoms with E-state index in [2.05, 4.69) is 19.2 Å². The van der Waals surface area contributed by atoms with Crippen molar-refractivity contribution in [2.45, 2.75) is 46.0 Å². The summed E-state index contributed by atoms with van der Waals surface area (Å²) < 4.78 is 10.7. The maximum absolute atomic E-state index is 12.0. The molecule has 0 saturated heterocycles. The van der Waals surface area contributed by atoms with Gasteiger partial charge in [-0.05, 0) is 55.7 Å². The number of benzene rings is 1. The molecule has 1 aliphatic rings. The van der Waals surface area contributed by atoms with Crippen LogP contribution in [0.3, 0.4) is 0 Å². The molecule has 1 aliphatic heterocycles. The number of fused-ring (bicyclic) bond motifs is 1. The largest absolute Gasteiger partial charge is 0.478 e. The highest BCUT2D eigenvalue weighted by Crippen LogP contribution is 2.38. The number of carbonyl (C=O) groups excluding carboxylic acids is 1. The van der Waals surface area contributed by atoms with E-state index in [0.717, 1.165) is 19.3 Å². The van der Waals surface area contributed by atoms with E-state index in [0.29, 0.717) is 48.9 Å². The van der Waals surface area contributed by atoms with Crippen LogP contribution in [-0.4, -0.2) is 36.9 Å². The Labute approximate surface area is 160 Å². The van der Waals surface area contributed by atoms with E-state index in [4.69, 9.17) is 15.2 Å². The summed E-state index contributed by atoms with van der Waals surface area (Å²) in [5, 5.41) is 12.6. The summed E-state index contributed by atoms with van der Waals surface area (Å²) in [5.41, 5.74) is 6.32. The zero-order chi connectivity index (χ0) is 19.8. The monoisotopic (exact) mass is 378 g/mol. The molecule has 1 heterocycles. The Morgan fingerprint density at radius 1 is 1.26 bits per heavy atom. The lowest BCUT2D eigenvalue weighted by Crippen LogP contribution is -2.31. The maximum Gasteiger partial charge on any atom is 0.339 e. The van der Waals surface area contributed by atoms with Crippen molar-refractivity contribution in [3.8, 4) is 11.5 Å². The summed E-state index contributed by atoms with van der Waals surface area (Å²) in [5.74, 6) is 0.329. The fourth-order valence-corrected chi connectivity index (χ4v) is 3.41. The molecular weight excluding hydrogens is 348 g/mol. The van der Waals surface area contributed by atoms with E-state index < -0.39 is 5.97 Å². The van der Waals surface area contributed by atoms with Crippen LogP contribution in [0.1, 0.15) is 55.5 Å². The number of rotatable bonds is 11. The maximum atomic E-state index is 12.0. The first-order chi connectivity index (χ1) is 12.9. The number of carbonyl (C=O) groups is 2. The fourth-order valence-electron chi connectivity index (χ4n) is 3.41. The third-order valence-corrected chi connectivity index (χ3v) is 4.60. The van der Waals surface area contributed by atoms with E-state index in [1.165, 1.54) is 0 Å². The van der Waals surface area contributed by atoms with E-state index in [-0.39, 0.29) is 24.2 Å². The molecule has 150 valence electrons. The van der Waals surface area contributed by atoms with Crippen molar-refractivity contribution >= 4 is 11.9 Å². The highest BCUT2D eigenvalue weighted by Gasteiger charge is 2.27. The number of amides is 1. The normalized spacial score (nSPS) is 13.6. The van der Waals surface area contributed by atoms with Gasteiger partial charge < -0.3 is 25.6 Å². The van der Waals surface area contributed by atoms with Crippen LogP contribution in [-0.2, 0) is 11.2 Å². The van der Waals surface area contributed by atoms with Crippen LogP contribution < -0.4 is 20.5 Å². The van der Waals surface area contributed by atoms with Crippen LogP contribution in [0.15, 0.2) is 12.1 Å². The molecule has 0 fully saturated rings. The van der Waals surface area contributed by atoms with Gasteiger partial charge in [-0.25, -0.2) is 4.79 Å². The van der Waals surface area contributed by atoms with Gasteiger partial charge in [0, 0.05) is 13.0 Å². The Hall–Kier alpha value is -2.28.